The lowest BCUT2D eigenvalue weighted by atomic mass is 9.94. The molecule has 0 saturated carbocycles. The molecule has 6 nitrogen and oxygen atoms in total. The lowest BCUT2D eigenvalue weighted by Crippen LogP contribution is -2.30. The lowest BCUT2D eigenvalue weighted by Gasteiger charge is -2.28. The number of aromatic nitrogens is 4. The van der Waals surface area contributed by atoms with Gasteiger partial charge in [0.1, 0.15) is 11.6 Å². The second-order valence-corrected chi connectivity index (χ2v) is 7.27. The molecule has 0 radical (unpaired) electrons. The van der Waals surface area contributed by atoms with Gasteiger partial charge < -0.3 is 4.57 Å². The quantitative estimate of drug-likeness (QED) is 0.774. The zero-order chi connectivity index (χ0) is 17.8. The van der Waals surface area contributed by atoms with Crippen molar-refractivity contribution in [3.05, 3.63) is 41.7 Å². The van der Waals surface area contributed by atoms with E-state index in [0.717, 1.165) is 44.2 Å². The van der Waals surface area contributed by atoms with Crippen LogP contribution >= 0.6 is 0 Å². The second kappa shape index (κ2) is 8.06. The van der Waals surface area contributed by atoms with Gasteiger partial charge in [-0.1, -0.05) is 13.0 Å². The molecule has 6 heteroatoms. The molecule has 1 aliphatic heterocycles. The van der Waals surface area contributed by atoms with Gasteiger partial charge in [-0.05, 0) is 58.0 Å². The van der Waals surface area contributed by atoms with Gasteiger partial charge in [0.2, 0.25) is 0 Å². The summed E-state index contributed by atoms with van der Waals surface area (Å²) in [6.07, 6.45) is 6.19. The zero-order valence-corrected chi connectivity index (χ0v) is 15.9. The SMILES string of the molecule is CCCn1c(C)nnc1CN(C)C[C@@H]1CCN(C)[C@H]1c1cccnc1. The summed E-state index contributed by atoms with van der Waals surface area (Å²) in [6.45, 7) is 8.27. The van der Waals surface area contributed by atoms with Gasteiger partial charge in [-0.25, -0.2) is 0 Å². The van der Waals surface area contributed by atoms with E-state index in [1.54, 1.807) is 0 Å². The molecule has 2 aromatic heterocycles. The standard InChI is InChI=1S/C19H30N6/c1-5-10-25-15(2)21-22-18(25)14-23(3)13-17-8-11-24(4)19(17)16-7-6-9-20-12-16/h6-7,9,12,17,19H,5,8,10-11,13-14H2,1-4H3/t17-,19-/m0/s1. The Morgan fingerprint density at radius 1 is 1.32 bits per heavy atom. The van der Waals surface area contributed by atoms with Crippen LogP contribution in [0.2, 0.25) is 0 Å². The first kappa shape index (κ1) is 18.0. The summed E-state index contributed by atoms with van der Waals surface area (Å²) < 4.78 is 2.25. The summed E-state index contributed by atoms with van der Waals surface area (Å²) in [5.41, 5.74) is 1.32. The molecular formula is C19H30N6. The van der Waals surface area contributed by atoms with E-state index in [1.165, 1.54) is 12.0 Å². The van der Waals surface area contributed by atoms with E-state index in [4.69, 9.17) is 0 Å². The minimum Gasteiger partial charge on any atom is -0.314 e. The smallest absolute Gasteiger partial charge is 0.147 e. The predicted octanol–water partition coefficient (Wildman–Crippen LogP) is 2.52. The largest absolute Gasteiger partial charge is 0.314 e. The molecule has 1 fully saturated rings. The molecule has 1 aliphatic rings. The molecule has 0 amide bonds. The average Bonchev–Trinajstić information content (AvgIpc) is 3.13. The van der Waals surface area contributed by atoms with Gasteiger partial charge >= 0.3 is 0 Å². The van der Waals surface area contributed by atoms with Crippen molar-refractivity contribution in [2.75, 3.05) is 27.2 Å². The van der Waals surface area contributed by atoms with Crippen LogP contribution in [0.25, 0.3) is 0 Å². The van der Waals surface area contributed by atoms with Crippen molar-refractivity contribution in [1.82, 2.24) is 29.5 Å². The van der Waals surface area contributed by atoms with Crippen LogP contribution in [0.1, 0.15) is 43.0 Å². The highest BCUT2D eigenvalue weighted by atomic mass is 15.3. The fourth-order valence-electron chi connectivity index (χ4n) is 4.06. The molecule has 0 spiro atoms. The van der Waals surface area contributed by atoms with Crippen molar-refractivity contribution < 1.29 is 0 Å². The Kier molecular flexibility index (Phi) is 5.81. The van der Waals surface area contributed by atoms with Crippen molar-refractivity contribution in [1.29, 1.82) is 0 Å². The van der Waals surface area contributed by atoms with Crippen molar-refractivity contribution in [3.63, 3.8) is 0 Å². The van der Waals surface area contributed by atoms with Gasteiger partial charge in [-0.3, -0.25) is 14.8 Å². The van der Waals surface area contributed by atoms with E-state index in [9.17, 15) is 0 Å². The number of aryl methyl sites for hydroxylation is 1. The summed E-state index contributed by atoms with van der Waals surface area (Å²) in [4.78, 5) is 9.17. The van der Waals surface area contributed by atoms with Gasteiger partial charge in [0.15, 0.2) is 0 Å². The van der Waals surface area contributed by atoms with E-state index in [2.05, 4.69) is 56.6 Å². The second-order valence-electron chi connectivity index (χ2n) is 7.27. The topological polar surface area (TPSA) is 50.1 Å². The Labute approximate surface area is 150 Å². The summed E-state index contributed by atoms with van der Waals surface area (Å²) in [5.74, 6) is 2.70. The average molecular weight is 342 g/mol. The third-order valence-corrected chi connectivity index (χ3v) is 5.22. The highest BCUT2D eigenvalue weighted by Gasteiger charge is 2.33. The minimum atomic E-state index is 0.450. The van der Waals surface area contributed by atoms with E-state index < -0.39 is 0 Å². The Morgan fingerprint density at radius 2 is 2.16 bits per heavy atom. The number of likely N-dealkylation sites (tertiary alicyclic amines) is 1. The molecule has 2 aromatic rings. The first-order valence-electron chi connectivity index (χ1n) is 9.27. The van der Waals surface area contributed by atoms with E-state index >= 15 is 0 Å². The normalized spacial score (nSPS) is 21.3. The molecule has 0 aliphatic carbocycles. The van der Waals surface area contributed by atoms with Crippen LogP contribution in [0.5, 0.6) is 0 Å². The van der Waals surface area contributed by atoms with Crippen molar-refractivity contribution in [2.24, 2.45) is 5.92 Å². The molecule has 3 rings (SSSR count). The maximum atomic E-state index is 4.39. The van der Waals surface area contributed by atoms with E-state index in [0.29, 0.717) is 12.0 Å². The lowest BCUT2D eigenvalue weighted by molar-refractivity contribution is 0.209. The van der Waals surface area contributed by atoms with Gasteiger partial charge in [-0.15, -0.1) is 10.2 Å². The number of hydrogen-bond acceptors (Lipinski definition) is 5. The molecule has 2 atom stereocenters. The maximum Gasteiger partial charge on any atom is 0.147 e. The molecule has 0 aromatic carbocycles. The van der Waals surface area contributed by atoms with Crippen LogP contribution in [0.15, 0.2) is 24.5 Å². The van der Waals surface area contributed by atoms with Crippen molar-refractivity contribution in [2.45, 2.75) is 45.8 Å². The predicted molar refractivity (Wildman–Crippen MR) is 99.1 cm³/mol. The zero-order valence-electron chi connectivity index (χ0n) is 15.9. The van der Waals surface area contributed by atoms with E-state index in [1.807, 2.05) is 25.4 Å². The van der Waals surface area contributed by atoms with Crippen LogP contribution < -0.4 is 0 Å². The number of hydrogen-bond donors (Lipinski definition) is 0. The van der Waals surface area contributed by atoms with Gasteiger partial charge in [0.05, 0.1) is 6.54 Å². The van der Waals surface area contributed by atoms with E-state index in [-0.39, 0.29) is 0 Å². The summed E-state index contributed by atoms with van der Waals surface area (Å²) in [5, 5.41) is 8.66. The fourth-order valence-corrected chi connectivity index (χ4v) is 4.06. The van der Waals surface area contributed by atoms with Crippen LogP contribution in [0.3, 0.4) is 0 Å². The Hall–Kier alpha value is -1.79. The highest BCUT2D eigenvalue weighted by molar-refractivity contribution is 5.17. The number of pyridine rings is 1. The third kappa shape index (κ3) is 4.07. The molecule has 136 valence electrons. The molecule has 1 saturated heterocycles. The Morgan fingerprint density at radius 3 is 2.88 bits per heavy atom. The summed E-state index contributed by atoms with van der Waals surface area (Å²) in [7, 11) is 4.41. The maximum absolute atomic E-state index is 4.39. The van der Waals surface area contributed by atoms with Gasteiger partial charge in [0.25, 0.3) is 0 Å². The van der Waals surface area contributed by atoms with Crippen LogP contribution in [0, 0.1) is 12.8 Å². The van der Waals surface area contributed by atoms with Gasteiger partial charge in [0, 0.05) is 31.5 Å². The molecule has 0 N–H and O–H groups in total. The van der Waals surface area contributed by atoms with Gasteiger partial charge in [-0.2, -0.15) is 0 Å². The Bertz CT molecular complexity index is 668. The monoisotopic (exact) mass is 342 g/mol. The van der Waals surface area contributed by atoms with Crippen LogP contribution in [-0.4, -0.2) is 56.7 Å². The molecular weight excluding hydrogens is 312 g/mol. The fraction of sp³-hybridized carbons (Fsp3) is 0.632. The molecule has 0 unspecified atom stereocenters. The first-order chi connectivity index (χ1) is 12.1. The minimum absolute atomic E-state index is 0.450. The summed E-state index contributed by atoms with van der Waals surface area (Å²) >= 11 is 0. The number of nitrogens with zero attached hydrogens (tertiary/aromatic N) is 6. The van der Waals surface area contributed by atoms with Crippen LogP contribution in [0.4, 0.5) is 0 Å². The first-order valence-corrected chi connectivity index (χ1v) is 9.27. The molecule has 0 bridgehead atoms. The summed E-state index contributed by atoms with van der Waals surface area (Å²) in [6, 6.07) is 4.69. The third-order valence-electron chi connectivity index (χ3n) is 5.22. The van der Waals surface area contributed by atoms with Crippen molar-refractivity contribution in [3.8, 4) is 0 Å². The highest BCUT2D eigenvalue weighted by Crippen LogP contribution is 2.36. The Balaban J connectivity index is 1.67. The molecule has 3 heterocycles. The molecule has 25 heavy (non-hydrogen) atoms. The number of rotatable bonds is 7. The van der Waals surface area contributed by atoms with Crippen LogP contribution in [-0.2, 0) is 13.1 Å². The van der Waals surface area contributed by atoms with Crippen molar-refractivity contribution >= 4 is 0 Å².